The molecule has 0 aromatic carbocycles. The molecule has 5 nitrogen and oxygen atoms in total. The van der Waals surface area contributed by atoms with E-state index in [1.54, 1.807) is 18.3 Å². The smallest absolute Gasteiger partial charge is 0.214 e. The number of aromatic nitrogens is 1. The van der Waals surface area contributed by atoms with Crippen molar-refractivity contribution in [3.8, 4) is 0 Å². The lowest BCUT2D eigenvalue weighted by molar-refractivity contribution is -0.111. The van der Waals surface area contributed by atoms with Gasteiger partial charge in [0.2, 0.25) is 5.84 Å². The van der Waals surface area contributed by atoms with Gasteiger partial charge in [-0.05, 0) is 18.9 Å². The first-order chi connectivity index (χ1) is 7.63. The first-order valence-electron chi connectivity index (χ1n) is 4.81. The molecule has 16 heavy (non-hydrogen) atoms. The van der Waals surface area contributed by atoms with Gasteiger partial charge in [0, 0.05) is 20.2 Å². The zero-order chi connectivity index (χ0) is 12.0. The Morgan fingerprint density at radius 2 is 2.31 bits per heavy atom. The van der Waals surface area contributed by atoms with Gasteiger partial charge in [0.15, 0.2) is 5.78 Å². The van der Waals surface area contributed by atoms with E-state index in [2.05, 4.69) is 21.8 Å². The fourth-order valence-electron chi connectivity index (χ4n) is 1.14. The van der Waals surface area contributed by atoms with Crippen LogP contribution >= 0.6 is 0 Å². The summed E-state index contributed by atoms with van der Waals surface area (Å²) in [5, 5.41) is 5.63. The number of Topliss-reactive ketones (excluding diaryl/α,β-unsaturated/α-hetero) is 1. The Kier molecular flexibility index (Phi) is 4.32. The van der Waals surface area contributed by atoms with Crippen LogP contribution in [-0.4, -0.2) is 35.4 Å². The van der Waals surface area contributed by atoms with E-state index < -0.39 is 0 Å². The molecule has 1 heterocycles. The van der Waals surface area contributed by atoms with Crippen LogP contribution in [0.3, 0.4) is 0 Å². The summed E-state index contributed by atoms with van der Waals surface area (Å²) in [6, 6.07) is 5.64. The molecule has 0 unspecified atom stereocenters. The number of aliphatic imine (C=N–C) groups is 1. The molecule has 5 heteroatoms. The van der Waals surface area contributed by atoms with Crippen LogP contribution in [-0.2, 0) is 11.3 Å². The van der Waals surface area contributed by atoms with Gasteiger partial charge in [0.25, 0.3) is 0 Å². The summed E-state index contributed by atoms with van der Waals surface area (Å²) in [6.07, 6.45) is 1.71. The summed E-state index contributed by atoms with van der Waals surface area (Å²) in [7, 11) is 1.75. The van der Waals surface area contributed by atoms with Gasteiger partial charge in [-0.25, -0.2) is 4.99 Å². The number of hydrogen-bond donors (Lipinski definition) is 0. The van der Waals surface area contributed by atoms with E-state index >= 15 is 0 Å². The lowest BCUT2D eigenvalue weighted by Crippen LogP contribution is -2.17. The molecule has 0 fully saturated rings. The maximum absolute atomic E-state index is 11.1. The number of ketones is 1. The maximum atomic E-state index is 11.1. The molecule has 0 aliphatic rings. The third-order valence-electron chi connectivity index (χ3n) is 1.85. The fourth-order valence-corrected chi connectivity index (χ4v) is 1.14. The predicted octanol–water partition coefficient (Wildman–Crippen LogP) is 1.12. The standard InChI is InChI=1S/C11H14N4O/c1-9(16)11(12-2)14-15(3)8-10-6-4-5-7-13-10/h4-7H,2,8H2,1,3H3/b14-11-. The minimum absolute atomic E-state index is 0.110. The number of amidine groups is 1. The van der Waals surface area contributed by atoms with Crippen molar-refractivity contribution in [2.75, 3.05) is 7.05 Å². The third-order valence-corrected chi connectivity index (χ3v) is 1.85. The number of carbonyl (C=O) groups excluding carboxylic acids is 1. The van der Waals surface area contributed by atoms with Crippen LogP contribution in [0.5, 0.6) is 0 Å². The molecule has 0 spiro atoms. The summed E-state index contributed by atoms with van der Waals surface area (Å²) in [5.41, 5.74) is 0.876. The molecule has 0 amide bonds. The van der Waals surface area contributed by atoms with Crippen LogP contribution in [0.15, 0.2) is 34.5 Å². The fraction of sp³-hybridized carbons (Fsp3) is 0.273. The molecule has 1 rings (SSSR count). The lowest BCUT2D eigenvalue weighted by Gasteiger charge is -2.12. The normalized spacial score (nSPS) is 11.0. The second kappa shape index (κ2) is 5.75. The zero-order valence-corrected chi connectivity index (χ0v) is 9.42. The zero-order valence-electron chi connectivity index (χ0n) is 9.42. The number of rotatable bonds is 4. The van der Waals surface area contributed by atoms with Crippen molar-refractivity contribution in [2.45, 2.75) is 13.5 Å². The molecule has 0 N–H and O–H groups in total. The lowest BCUT2D eigenvalue weighted by atomic mass is 10.3. The first-order valence-corrected chi connectivity index (χ1v) is 4.81. The summed E-state index contributed by atoms with van der Waals surface area (Å²) in [6.45, 7) is 5.22. The van der Waals surface area contributed by atoms with Gasteiger partial charge in [-0.15, -0.1) is 0 Å². The molecule has 0 radical (unpaired) electrons. The molecular formula is C11H14N4O. The van der Waals surface area contributed by atoms with Gasteiger partial charge < -0.3 is 0 Å². The van der Waals surface area contributed by atoms with Crippen molar-refractivity contribution in [3.63, 3.8) is 0 Å². The second-order valence-electron chi connectivity index (χ2n) is 3.27. The van der Waals surface area contributed by atoms with E-state index in [1.165, 1.54) is 6.92 Å². The Balaban J connectivity index is 2.69. The average molecular weight is 218 g/mol. The van der Waals surface area contributed by atoms with Gasteiger partial charge in [0.1, 0.15) is 0 Å². The van der Waals surface area contributed by atoms with E-state index in [0.717, 1.165) is 5.69 Å². The summed E-state index contributed by atoms with van der Waals surface area (Å²) in [4.78, 5) is 18.8. The molecule has 1 aromatic rings. The molecule has 0 saturated carbocycles. The highest BCUT2D eigenvalue weighted by atomic mass is 16.1. The Morgan fingerprint density at radius 3 is 2.81 bits per heavy atom. The monoisotopic (exact) mass is 218 g/mol. The van der Waals surface area contributed by atoms with E-state index in [4.69, 9.17) is 0 Å². The Morgan fingerprint density at radius 1 is 1.56 bits per heavy atom. The van der Waals surface area contributed by atoms with Crippen molar-refractivity contribution in [1.29, 1.82) is 0 Å². The Labute approximate surface area is 94.5 Å². The quantitative estimate of drug-likeness (QED) is 0.432. The van der Waals surface area contributed by atoms with E-state index in [1.807, 2.05) is 18.2 Å². The van der Waals surface area contributed by atoms with Gasteiger partial charge in [-0.1, -0.05) is 6.07 Å². The number of carbonyl (C=O) groups is 1. The van der Waals surface area contributed by atoms with E-state index in [-0.39, 0.29) is 11.6 Å². The van der Waals surface area contributed by atoms with Gasteiger partial charge >= 0.3 is 0 Å². The summed E-state index contributed by atoms with van der Waals surface area (Å²) < 4.78 is 0. The van der Waals surface area contributed by atoms with E-state index in [0.29, 0.717) is 6.54 Å². The molecule has 0 aliphatic carbocycles. The molecule has 1 aromatic heterocycles. The van der Waals surface area contributed by atoms with Crippen LogP contribution in [0.2, 0.25) is 0 Å². The Bertz CT molecular complexity index is 400. The van der Waals surface area contributed by atoms with Crippen molar-refractivity contribution < 1.29 is 4.79 Å². The first kappa shape index (κ1) is 12.0. The molecule has 0 saturated heterocycles. The van der Waals surface area contributed by atoms with Crippen molar-refractivity contribution in [1.82, 2.24) is 9.99 Å². The predicted molar refractivity (Wildman–Crippen MR) is 63.4 cm³/mol. The topological polar surface area (TPSA) is 57.9 Å². The minimum Gasteiger partial charge on any atom is -0.292 e. The van der Waals surface area contributed by atoms with Crippen LogP contribution in [0.1, 0.15) is 12.6 Å². The Hall–Kier alpha value is -2.04. The maximum Gasteiger partial charge on any atom is 0.214 e. The SMILES string of the molecule is C=N/C(=N\N(C)Cc1ccccn1)C(C)=O. The highest BCUT2D eigenvalue weighted by Crippen LogP contribution is 1.99. The van der Waals surface area contributed by atoms with Crippen LogP contribution in [0.4, 0.5) is 0 Å². The van der Waals surface area contributed by atoms with Crippen LogP contribution < -0.4 is 0 Å². The second-order valence-corrected chi connectivity index (χ2v) is 3.27. The van der Waals surface area contributed by atoms with Crippen molar-refractivity contribution in [3.05, 3.63) is 30.1 Å². The molecule has 84 valence electrons. The van der Waals surface area contributed by atoms with E-state index in [9.17, 15) is 4.79 Å². The van der Waals surface area contributed by atoms with Gasteiger partial charge in [-0.3, -0.25) is 14.8 Å². The molecule has 0 bridgehead atoms. The summed E-state index contributed by atoms with van der Waals surface area (Å²) >= 11 is 0. The van der Waals surface area contributed by atoms with Crippen LogP contribution in [0, 0.1) is 0 Å². The van der Waals surface area contributed by atoms with Crippen molar-refractivity contribution >= 4 is 18.3 Å². The highest BCUT2D eigenvalue weighted by molar-refractivity contribution is 6.38. The minimum atomic E-state index is -0.206. The third kappa shape index (κ3) is 3.61. The average Bonchev–Trinajstić information content (AvgIpc) is 2.27. The number of nitrogens with zero attached hydrogens (tertiary/aromatic N) is 4. The molecular weight excluding hydrogens is 204 g/mol. The van der Waals surface area contributed by atoms with Gasteiger partial charge in [0.05, 0.1) is 12.2 Å². The molecule has 0 atom stereocenters. The molecule has 0 aliphatic heterocycles. The van der Waals surface area contributed by atoms with Gasteiger partial charge in [-0.2, -0.15) is 5.10 Å². The highest BCUT2D eigenvalue weighted by Gasteiger charge is 2.04. The number of pyridine rings is 1. The van der Waals surface area contributed by atoms with Crippen LogP contribution in [0.25, 0.3) is 0 Å². The summed E-state index contributed by atoms with van der Waals surface area (Å²) in [5.74, 6) is -0.0960. The number of hydrazone groups is 1. The largest absolute Gasteiger partial charge is 0.292 e. The van der Waals surface area contributed by atoms with Crippen molar-refractivity contribution in [2.24, 2.45) is 10.1 Å². The number of hydrogen-bond acceptors (Lipinski definition) is 4.